The van der Waals surface area contributed by atoms with E-state index < -0.39 is 17.3 Å². The summed E-state index contributed by atoms with van der Waals surface area (Å²) in [4.78, 5) is 18.0. The number of alkyl halides is 3. The van der Waals surface area contributed by atoms with Gasteiger partial charge in [0.1, 0.15) is 36.1 Å². The average molecular weight is 758 g/mol. The van der Waals surface area contributed by atoms with Gasteiger partial charge < -0.3 is 31.0 Å². The molecule has 0 saturated carbocycles. The molecule has 1 aromatic carbocycles. The minimum Gasteiger partial charge on any atom is -0.491 e. The van der Waals surface area contributed by atoms with Crippen LogP contribution < -0.4 is 26.3 Å². The lowest BCUT2D eigenvalue weighted by Gasteiger charge is -2.27. The topological polar surface area (TPSA) is 143 Å². The van der Waals surface area contributed by atoms with E-state index in [4.69, 9.17) is 25.7 Å². The van der Waals surface area contributed by atoms with Gasteiger partial charge in [0, 0.05) is 47.3 Å². The van der Waals surface area contributed by atoms with E-state index >= 15 is 0 Å². The average Bonchev–Trinajstić information content (AvgIpc) is 3.46. The zero-order chi connectivity index (χ0) is 38.8. The van der Waals surface area contributed by atoms with E-state index in [0.29, 0.717) is 54.4 Å². The zero-order valence-corrected chi connectivity index (χ0v) is 32.6. The van der Waals surface area contributed by atoms with E-state index in [9.17, 15) is 13.2 Å². The molecule has 1 saturated heterocycles. The summed E-state index contributed by atoms with van der Waals surface area (Å²) in [5, 5.41) is 4.21. The minimum atomic E-state index is -4.58. The Bertz CT molecular complexity index is 1730. The van der Waals surface area contributed by atoms with Crippen molar-refractivity contribution in [1.82, 2.24) is 19.9 Å². The van der Waals surface area contributed by atoms with Crippen LogP contribution in [-0.4, -0.2) is 63.5 Å². The lowest BCUT2D eigenvalue weighted by Crippen LogP contribution is -2.43. The highest BCUT2D eigenvalue weighted by atomic mass is 32.1. The number of ether oxygens (including phenoxy) is 3. The molecule has 53 heavy (non-hydrogen) atoms. The van der Waals surface area contributed by atoms with Gasteiger partial charge in [0.2, 0.25) is 5.88 Å². The number of anilines is 1. The molecule has 10 nitrogen and oxygen atoms in total. The van der Waals surface area contributed by atoms with Gasteiger partial charge in [-0.05, 0) is 88.6 Å². The fourth-order valence-electron chi connectivity index (χ4n) is 6.29. The number of hydrogen-bond donors (Lipinski definition) is 3. The fraction of sp³-hybridized carbons (Fsp3) is 0.538. The highest BCUT2D eigenvalue weighted by Crippen LogP contribution is 2.39. The van der Waals surface area contributed by atoms with Gasteiger partial charge in [-0.1, -0.05) is 27.7 Å². The van der Waals surface area contributed by atoms with Crippen LogP contribution in [0.3, 0.4) is 0 Å². The Morgan fingerprint density at radius 2 is 1.58 bits per heavy atom. The molecule has 1 aliphatic rings. The van der Waals surface area contributed by atoms with Crippen molar-refractivity contribution in [2.24, 2.45) is 23.3 Å². The Kier molecular flexibility index (Phi) is 14.6. The Morgan fingerprint density at radius 1 is 0.925 bits per heavy atom. The summed E-state index contributed by atoms with van der Waals surface area (Å²) in [7, 11) is 0. The predicted molar refractivity (Wildman–Crippen MR) is 205 cm³/mol. The fourth-order valence-corrected chi connectivity index (χ4v) is 7.15. The van der Waals surface area contributed by atoms with Crippen LogP contribution in [-0.2, 0) is 10.9 Å². The number of aromatic nitrogens is 4. The SMILES string of the molecule is CC(C)C[C@](C)(N)COc1ccc(-c2cc(NC3CCCOC3)ncn2)cc1C(F)(F)F.Cc1sc(-c2ccncc2)nc1OC[C@@](C)(N)CC(C)C. The lowest BCUT2D eigenvalue weighted by atomic mass is 9.93. The number of nitrogens with zero attached hydrogens (tertiary/aromatic N) is 4. The van der Waals surface area contributed by atoms with Crippen molar-refractivity contribution in [2.45, 2.75) is 97.4 Å². The smallest absolute Gasteiger partial charge is 0.419 e. The summed E-state index contributed by atoms with van der Waals surface area (Å²) >= 11 is 1.63. The normalized spacial score (nSPS) is 17.1. The summed E-state index contributed by atoms with van der Waals surface area (Å²) < 4.78 is 58.2. The highest BCUT2D eigenvalue weighted by Gasteiger charge is 2.35. The second-order valence-corrected chi connectivity index (χ2v) is 16.5. The number of rotatable bonds is 14. The van der Waals surface area contributed by atoms with Gasteiger partial charge in [0.05, 0.1) is 28.8 Å². The second kappa shape index (κ2) is 18.5. The number of nitrogens with one attached hydrogen (secondary N) is 1. The number of halogens is 3. The first-order valence-corrected chi connectivity index (χ1v) is 18.8. The van der Waals surface area contributed by atoms with Crippen LogP contribution in [0.25, 0.3) is 21.8 Å². The van der Waals surface area contributed by atoms with E-state index in [-0.39, 0.29) is 23.9 Å². The molecule has 0 amide bonds. The molecule has 0 spiro atoms. The Morgan fingerprint density at radius 3 is 2.19 bits per heavy atom. The first-order chi connectivity index (χ1) is 24.9. The molecule has 290 valence electrons. The number of pyridine rings is 1. The van der Waals surface area contributed by atoms with Crippen LogP contribution >= 0.6 is 11.3 Å². The van der Waals surface area contributed by atoms with Crippen molar-refractivity contribution < 1.29 is 27.4 Å². The molecule has 5 rings (SSSR count). The molecule has 4 aromatic rings. The van der Waals surface area contributed by atoms with E-state index in [1.54, 1.807) is 42.8 Å². The van der Waals surface area contributed by atoms with Crippen LogP contribution in [0.1, 0.15) is 77.7 Å². The molecule has 4 heterocycles. The van der Waals surface area contributed by atoms with Gasteiger partial charge in [0.25, 0.3) is 0 Å². The standard InChI is InChI=1S/C23H31F3N4O2.C16H23N3OS/c1-15(2)11-22(3,27)13-32-20-7-6-16(9-18(20)23(24,25)26)19-10-21(29-14-28-19)30-17-5-4-8-31-12-17;1-11(2)9-16(4,17)10-20-14-12(3)21-15(19-14)13-5-7-18-8-6-13/h6-7,9-10,14-15,17H,4-5,8,11-13,27H2,1-3H3,(H,28,29,30);5-8,11H,9-10,17H2,1-4H3/t17?,22-;16-/m00/s1. The van der Waals surface area contributed by atoms with Crippen molar-refractivity contribution in [3.63, 3.8) is 0 Å². The monoisotopic (exact) mass is 757 g/mol. The number of nitrogens with two attached hydrogens (primary N) is 2. The second-order valence-electron chi connectivity index (χ2n) is 15.3. The molecular weight excluding hydrogens is 704 g/mol. The van der Waals surface area contributed by atoms with Gasteiger partial charge in [-0.3, -0.25) is 4.98 Å². The summed E-state index contributed by atoms with van der Waals surface area (Å²) in [6, 6.07) is 9.61. The first kappa shape index (κ1) is 41.9. The van der Waals surface area contributed by atoms with Crippen molar-refractivity contribution in [3.8, 4) is 33.5 Å². The van der Waals surface area contributed by atoms with Gasteiger partial charge >= 0.3 is 6.18 Å². The van der Waals surface area contributed by atoms with Crippen LogP contribution in [0.2, 0.25) is 0 Å². The molecular formula is C39H54F3N7O3S. The molecule has 0 aliphatic carbocycles. The van der Waals surface area contributed by atoms with Crippen molar-refractivity contribution >= 4 is 17.2 Å². The van der Waals surface area contributed by atoms with Crippen molar-refractivity contribution in [1.29, 1.82) is 0 Å². The van der Waals surface area contributed by atoms with Crippen molar-refractivity contribution in [3.05, 3.63) is 65.6 Å². The summed E-state index contributed by atoms with van der Waals surface area (Å²) in [5.41, 5.74) is 12.3. The van der Waals surface area contributed by atoms with E-state index in [0.717, 1.165) is 47.4 Å². The summed E-state index contributed by atoms with van der Waals surface area (Å²) in [6.07, 6.45) is 3.75. The van der Waals surface area contributed by atoms with Crippen LogP contribution in [0.15, 0.2) is 55.1 Å². The van der Waals surface area contributed by atoms with E-state index in [1.807, 2.05) is 39.8 Å². The maximum atomic E-state index is 13.8. The van der Waals surface area contributed by atoms with Crippen LogP contribution in [0.4, 0.5) is 19.0 Å². The van der Waals surface area contributed by atoms with E-state index in [2.05, 4.69) is 39.1 Å². The van der Waals surface area contributed by atoms with Crippen LogP contribution in [0, 0.1) is 18.8 Å². The predicted octanol–water partition coefficient (Wildman–Crippen LogP) is 8.55. The first-order valence-electron chi connectivity index (χ1n) is 18.0. The molecule has 3 aromatic heterocycles. The van der Waals surface area contributed by atoms with Gasteiger partial charge in [-0.25, -0.2) is 15.0 Å². The maximum Gasteiger partial charge on any atom is 0.419 e. The Labute approximate surface area is 315 Å². The third-order valence-corrected chi connectivity index (χ3v) is 9.29. The summed E-state index contributed by atoms with van der Waals surface area (Å²) in [6.45, 7) is 15.9. The quantitative estimate of drug-likeness (QED) is 0.115. The molecule has 14 heteroatoms. The van der Waals surface area contributed by atoms with Gasteiger partial charge in [-0.15, -0.1) is 11.3 Å². The minimum absolute atomic E-state index is 0.0152. The van der Waals surface area contributed by atoms with E-state index in [1.165, 1.54) is 12.4 Å². The highest BCUT2D eigenvalue weighted by molar-refractivity contribution is 7.15. The Hall–Kier alpha value is -3.85. The van der Waals surface area contributed by atoms with Gasteiger partial charge in [-0.2, -0.15) is 13.2 Å². The Balaban J connectivity index is 0.000000258. The molecule has 1 aliphatic heterocycles. The third-order valence-electron chi connectivity index (χ3n) is 8.29. The number of benzene rings is 1. The largest absolute Gasteiger partial charge is 0.491 e. The maximum absolute atomic E-state index is 13.8. The lowest BCUT2D eigenvalue weighted by molar-refractivity contribution is -0.139. The molecule has 1 unspecified atom stereocenters. The third kappa shape index (κ3) is 13.5. The number of aryl methyl sites for hydroxylation is 1. The van der Waals surface area contributed by atoms with Crippen LogP contribution in [0.5, 0.6) is 11.6 Å². The molecule has 1 fully saturated rings. The summed E-state index contributed by atoms with van der Waals surface area (Å²) in [5.74, 6) is 1.85. The van der Waals surface area contributed by atoms with Gasteiger partial charge in [0.15, 0.2) is 0 Å². The van der Waals surface area contributed by atoms with Crippen molar-refractivity contribution in [2.75, 3.05) is 31.7 Å². The number of hydrogen-bond acceptors (Lipinski definition) is 11. The zero-order valence-electron chi connectivity index (χ0n) is 31.8. The molecule has 5 N–H and O–H groups in total. The molecule has 0 radical (unpaired) electrons. The molecule has 3 atom stereocenters. The molecule has 0 bridgehead atoms. The number of thiazole rings is 1.